The standard InChI is InChI=1S/C10H18BrN/c11-7-8-1-3-10(4-2-8)5-9(12)6-10/h8-9H,1-7,12H2. The molecule has 0 aromatic carbocycles. The van der Waals surface area contributed by atoms with Crippen molar-refractivity contribution >= 4 is 15.9 Å². The van der Waals surface area contributed by atoms with Gasteiger partial charge in [0.05, 0.1) is 0 Å². The van der Waals surface area contributed by atoms with Crippen LogP contribution in [0.2, 0.25) is 0 Å². The average Bonchev–Trinajstić information content (AvgIpc) is 2.04. The molecule has 2 aliphatic rings. The second kappa shape index (κ2) is 3.30. The Labute approximate surface area is 83.2 Å². The number of hydrogen-bond acceptors (Lipinski definition) is 1. The molecule has 2 rings (SSSR count). The monoisotopic (exact) mass is 231 g/mol. The Kier molecular flexibility index (Phi) is 2.48. The Morgan fingerprint density at radius 3 is 2.25 bits per heavy atom. The zero-order chi connectivity index (χ0) is 8.60. The van der Waals surface area contributed by atoms with Crippen molar-refractivity contribution in [1.82, 2.24) is 0 Å². The van der Waals surface area contributed by atoms with Crippen LogP contribution in [-0.2, 0) is 0 Å². The highest BCUT2D eigenvalue weighted by Gasteiger charge is 2.44. The molecule has 1 nitrogen and oxygen atoms in total. The van der Waals surface area contributed by atoms with E-state index in [9.17, 15) is 0 Å². The summed E-state index contributed by atoms with van der Waals surface area (Å²) in [7, 11) is 0. The van der Waals surface area contributed by atoms with E-state index in [-0.39, 0.29) is 0 Å². The lowest BCUT2D eigenvalue weighted by Crippen LogP contribution is -2.47. The fraction of sp³-hybridized carbons (Fsp3) is 1.00. The van der Waals surface area contributed by atoms with Crippen LogP contribution >= 0.6 is 15.9 Å². The van der Waals surface area contributed by atoms with Gasteiger partial charge in [0.25, 0.3) is 0 Å². The summed E-state index contributed by atoms with van der Waals surface area (Å²) in [6, 6.07) is 0.533. The highest BCUT2D eigenvalue weighted by molar-refractivity contribution is 9.09. The van der Waals surface area contributed by atoms with E-state index in [1.54, 1.807) is 0 Å². The molecular weight excluding hydrogens is 214 g/mol. The van der Waals surface area contributed by atoms with Crippen molar-refractivity contribution in [2.24, 2.45) is 17.1 Å². The molecule has 0 radical (unpaired) electrons. The predicted octanol–water partition coefficient (Wildman–Crippen LogP) is 2.68. The Bertz CT molecular complexity index is 153. The second-order valence-corrected chi connectivity index (χ2v) is 5.41. The molecule has 0 bridgehead atoms. The number of alkyl halides is 1. The zero-order valence-corrected chi connectivity index (χ0v) is 9.15. The van der Waals surface area contributed by atoms with E-state index in [0.717, 1.165) is 5.92 Å². The van der Waals surface area contributed by atoms with Crippen LogP contribution in [0.1, 0.15) is 38.5 Å². The van der Waals surface area contributed by atoms with Crippen molar-refractivity contribution in [3.63, 3.8) is 0 Å². The van der Waals surface area contributed by atoms with Crippen molar-refractivity contribution in [3.8, 4) is 0 Å². The average molecular weight is 232 g/mol. The molecule has 0 aromatic heterocycles. The van der Waals surface area contributed by atoms with Gasteiger partial charge in [-0.05, 0) is 49.9 Å². The van der Waals surface area contributed by atoms with E-state index in [4.69, 9.17) is 5.73 Å². The first kappa shape index (κ1) is 9.01. The van der Waals surface area contributed by atoms with Gasteiger partial charge in [-0.15, -0.1) is 0 Å². The minimum absolute atomic E-state index is 0.533. The van der Waals surface area contributed by atoms with Crippen LogP contribution < -0.4 is 5.73 Å². The Hall–Kier alpha value is 0.440. The van der Waals surface area contributed by atoms with E-state index in [0.29, 0.717) is 11.5 Å². The van der Waals surface area contributed by atoms with Crippen molar-refractivity contribution < 1.29 is 0 Å². The summed E-state index contributed by atoms with van der Waals surface area (Å²) in [5.41, 5.74) is 6.55. The largest absolute Gasteiger partial charge is 0.328 e. The molecule has 2 N–H and O–H groups in total. The minimum atomic E-state index is 0.533. The van der Waals surface area contributed by atoms with Crippen molar-refractivity contribution in [2.45, 2.75) is 44.6 Å². The number of rotatable bonds is 1. The number of halogens is 1. The quantitative estimate of drug-likeness (QED) is 0.691. The highest BCUT2D eigenvalue weighted by atomic mass is 79.9. The third kappa shape index (κ3) is 1.56. The SMILES string of the molecule is NC1CC2(CCC(CBr)CC2)C1. The lowest BCUT2D eigenvalue weighted by Gasteiger charge is -2.50. The molecule has 0 aliphatic heterocycles. The van der Waals surface area contributed by atoms with E-state index < -0.39 is 0 Å². The van der Waals surface area contributed by atoms with Gasteiger partial charge >= 0.3 is 0 Å². The maximum Gasteiger partial charge on any atom is 0.00596 e. The third-order valence-corrected chi connectivity index (χ3v) is 4.69. The first-order chi connectivity index (χ1) is 5.74. The van der Waals surface area contributed by atoms with E-state index in [1.165, 1.54) is 43.9 Å². The Morgan fingerprint density at radius 2 is 1.83 bits per heavy atom. The second-order valence-electron chi connectivity index (χ2n) is 4.77. The summed E-state index contributed by atoms with van der Waals surface area (Å²) in [6.07, 6.45) is 8.36. The molecule has 0 atom stereocenters. The molecule has 0 heterocycles. The van der Waals surface area contributed by atoms with E-state index >= 15 is 0 Å². The van der Waals surface area contributed by atoms with Crippen LogP contribution in [0.4, 0.5) is 0 Å². The van der Waals surface area contributed by atoms with Gasteiger partial charge in [0.15, 0.2) is 0 Å². The van der Waals surface area contributed by atoms with Gasteiger partial charge in [-0.3, -0.25) is 0 Å². The van der Waals surface area contributed by atoms with Crippen LogP contribution in [0, 0.1) is 11.3 Å². The third-order valence-electron chi connectivity index (χ3n) is 3.77. The summed E-state index contributed by atoms with van der Waals surface area (Å²) in [5.74, 6) is 0.951. The van der Waals surface area contributed by atoms with Crippen LogP contribution in [0.5, 0.6) is 0 Å². The first-order valence-corrected chi connectivity index (χ1v) is 6.18. The topological polar surface area (TPSA) is 26.0 Å². The molecule has 0 amide bonds. The molecular formula is C10H18BrN. The smallest absolute Gasteiger partial charge is 0.00596 e. The van der Waals surface area contributed by atoms with Crippen LogP contribution in [0.25, 0.3) is 0 Å². The first-order valence-electron chi connectivity index (χ1n) is 5.06. The number of nitrogens with two attached hydrogens (primary N) is 1. The molecule has 70 valence electrons. The van der Waals surface area contributed by atoms with E-state index in [2.05, 4.69) is 15.9 Å². The molecule has 0 aromatic rings. The fourth-order valence-electron chi connectivity index (χ4n) is 2.91. The normalized spacial score (nSPS) is 47.5. The van der Waals surface area contributed by atoms with Crippen molar-refractivity contribution in [3.05, 3.63) is 0 Å². The lowest BCUT2D eigenvalue weighted by atomic mass is 9.57. The highest BCUT2D eigenvalue weighted by Crippen LogP contribution is 2.52. The van der Waals surface area contributed by atoms with Crippen molar-refractivity contribution in [2.75, 3.05) is 5.33 Å². The summed E-state index contributed by atoms with van der Waals surface area (Å²) in [4.78, 5) is 0. The maximum absolute atomic E-state index is 5.84. The maximum atomic E-state index is 5.84. The van der Waals surface area contributed by atoms with Gasteiger partial charge in [-0.25, -0.2) is 0 Å². The van der Waals surface area contributed by atoms with Gasteiger partial charge in [-0.1, -0.05) is 15.9 Å². The zero-order valence-electron chi connectivity index (χ0n) is 7.56. The lowest BCUT2D eigenvalue weighted by molar-refractivity contribution is 0.0406. The molecule has 2 saturated carbocycles. The summed E-state index contributed by atoms with van der Waals surface area (Å²) < 4.78 is 0. The number of hydrogen-bond donors (Lipinski definition) is 1. The van der Waals surface area contributed by atoms with Gasteiger partial charge in [-0.2, -0.15) is 0 Å². The molecule has 2 fully saturated rings. The van der Waals surface area contributed by atoms with Crippen LogP contribution in [-0.4, -0.2) is 11.4 Å². The molecule has 2 aliphatic carbocycles. The van der Waals surface area contributed by atoms with E-state index in [1.807, 2.05) is 0 Å². The minimum Gasteiger partial charge on any atom is -0.328 e. The Balaban J connectivity index is 1.83. The summed E-state index contributed by atoms with van der Waals surface area (Å²) in [5, 5.41) is 1.20. The predicted molar refractivity (Wildman–Crippen MR) is 55.4 cm³/mol. The summed E-state index contributed by atoms with van der Waals surface area (Å²) in [6.45, 7) is 0. The molecule has 1 spiro atoms. The molecule has 12 heavy (non-hydrogen) atoms. The molecule has 2 heteroatoms. The fourth-order valence-corrected chi connectivity index (χ4v) is 3.55. The van der Waals surface area contributed by atoms with Crippen LogP contribution in [0.3, 0.4) is 0 Å². The van der Waals surface area contributed by atoms with Gasteiger partial charge < -0.3 is 5.73 Å². The van der Waals surface area contributed by atoms with Gasteiger partial charge in [0.2, 0.25) is 0 Å². The van der Waals surface area contributed by atoms with Crippen molar-refractivity contribution in [1.29, 1.82) is 0 Å². The van der Waals surface area contributed by atoms with Gasteiger partial charge in [0, 0.05) is 11.4 Å². The molecule has 0 saturated heterocycles. The van der Waals surface area contributed by atoms with Gasteiger partial charge in [0.1, 0.15) is 0 Å². The Morgan fingerprint density at radius 1 is 1.25 bits per heavy atom. The molecule has 0 unspecified atom stereocenters. The summed E-state index contributed by atoms with van der Waals surface area (Å²) >= 11 is 3.58. The van der Waals surface area contributed by atoms with Crippen LogP contribution in [0.15, 0.2) is 0 Å².